The Balaban J connectivity index is 1.66. The number of benzene rings is 1. The number of hydrogen-bond acceptors (Lipinski definition) is 4. The second-order valence-electron chi connectivity index (χ2n) is 8.12. The number of nitrogens with zero attached hydrogens (tertiary/aromatic N) is 1. The molecule has 30 heavy (non-hydrogen) atoms. The number of hydrogen-bond donors (Lipinski definition) is 2. The summed E-state index contributed by atoms with van der Waals surface area (Å²) in [6.45, 7) is 5.99. The van der Waals surface area contributed by atoms with Gasteiger partial charge in [-0.05, 0) is 41.7 Å². The fourth-order valence-corrected chi connectivity index (χ4v) is 4.98. The first-order valence-corrected chi connectivity index (χ1v) is 10.4. The standard InChI is InChI=1S/C23H25N3O4/c1-2-19(27)26-9-3-4-14(13-26)15-5-6-16(22(24)28)21-20(15)17-12-23(29-10-11-30-23)8-7-18(17)25-21/h2,4-6,25H,1,3,7-13H2,(H2,24,28). The van der Waals surface area contributed by atoms with E-state index < -0.39 is 11.7 Å². The van der Waals surface area contributed by atoms with Crippen LogP contribution in [0, 0.1) is 0 Å². The number of primary amides is 1. The third-order valence-corrected chi connectivity index (χ3v) is 6.41. The van der Waals surface area contributed by atoms with Gasteiger partial charge in [-0.25, -0.2) is 0 Å². The molecule has 156 valence electrons. The SMILES string of the molecule is C=CC(=O)N1CCC=C(c2ccc(C(N)=O)c3[nH]c4c(c23)CC2(CC4)OCCO2)C1. The molecule has 3 N–H and O–H groups in total. The molecule has 1 spiro atoms. The Kier molecular flexibility index (Phi) is 4.52. The molecular formula is C23H25N3O4. The van der Waals surface area contributed by atoms with Gasteiger partial charge >= 0.3 is 0 Å². The molecule has 2 amide bonds. The second-order valence-corrected chi connectivity index (χ2v) is 8.12. The monoisotopic (exact) mass is 407 g/mol. The number of ether oxygens (including phenoxy) is 2. The average molecular weight is 407 g/mol. The van der Waals surface area contributed by atoms with E-state index in [0.29, 0.717) is 38.3 Å². The highest BCUT2D eigenvalue weighted by Crippen LogP contribution is 2.42. The Bertz CT molecular complexity index is 1090. The smallest absolute Gasteiger partial charge is 0.250 e. The molecule has 7 heteroatoms. The van der Waals surface area contributed by atoms with Crippen molar-refractivity contribution in [1.29, 1.82) is 0 Å². The van der Waals surface area contributed by atoms with Crippen LogP contribution in [0.4, 0.5) is 0 Å². The van der Waals surface area contributed by atoms with Crippen LogP contribution < -0.4 is 5.73 Å². The number of aryl methyl sites for hydroxylation is 1. The summed E-state index contributed by atoms with van der Waals surface area (Å²) in [7, 11) is 0. The third-order valence-electron chi connectivity index (χ3n) is 6.41. The van der Waals surface area contributed by atoms with E-state index in [9.17, 15) is 9.59 Å². The van der Waals surface area contributed by atoms with E-state index in [4.69, 9.17) is 15.2 Å². The van der Waals surface area contributed by atoms with Gasteiger partial charge in [-0.3, -0.25) is 9.59 Å². The molecule has 0 atom stereocenters. The lowest BCUT2D eigenvalue weighted by molar-refractivity contribution is -0.163. The van der Waals surface area contributed by atoms with Crippen LogP contribution in [0.1, 0.15) is 40.0 Å². The highest BCUT2D eigenvalue weighted by molar-refractivity contribution is 6.09. The number of aromatic amines is 1. The molecule has 1 aromatic heterocycles. The van der Waals surface area contributed by atoms with E-state index in [1.165, 1.54) is 6.08 Å². The number of H-pyrrole nitrogens is 1. The van der Waals surface area contributed by atoms with Crippen LogP contribution in [0.2, 0.25) is 0 Å². The lowest BCUT2D eigenvalue weighted by Crippen LogP contribution is -2.37. The Morgan fingerprint density at radius 1 is 1.27 bits per heavy atom. The van der Waals surface area contributed by atoms with Gasteiger partial charge in [0.1, 0.15) is 0 Å². The number of carbonyl (C=O) groups excluding carboxylic acids is 2. The highest BCUT2D eigenvalue weighted by Gasteiger charge is 2.41. The fraction of sp³-hybridized carbons (Fsp3) is 0.391. The Hall–Kier alpha value is -2.90. The van der Waals surface area contributed by atoms with Crippen LogP contribution in [0.15, 0.2) is 30.9 Å². The van der Waals surface area contributed by atoms with Crippen molar-refractivity contribution in [3.63, 3.8) is 0 Å². The van der Waals surface area contributed by atoms with Gasteiger partial charge in [0.15, 0.2) is 5.79 Å². The molecule has 1 fully saturated rings. The largest absolute Gasteiger partial charge is 0.366 e. The number of carbonyl (C=O) groups is 2. The maximum Gasteiger partial charge on any atom is 0.250 e. The molecule has 5 rings (SSSR count). The van der Waals surface area contributed by atoms with Crippen LogP contribution in [0.3, 0.4) is 0 Å². The summed E-state index contributed by atoms with van der Waals surface area (Å²) >= 11 is 0. The summed E-state index contributed by atoms with van der Waals surface area (Å²) in [6.07, 6.45) is 6.48. The highest BCUT2D eigenvalue weighted by atomic mass is 16.7. The van der Waals surface area contributed by atoms with Crippen molar-refractivity contribution in [2.75, 3.05) is 26.3 Å². The zero-order valence-electron chi connectivity index (χ0n) is 16.8. The van der Waals surface area contributed by atoms with Gasteiger partial charge in [-0.15, -0.1) is 0 Å². The number of nitrogens with two attached hydrogens (primary N) is 1. The van der Waals surface area contributed by atoms with Gasteiger partial charge < -0.3 is 25.1 Å². The van der Waals surface area contributed by atoms with E-state index in [0.717, 1.165) is 52.6 Å². The van der Waals surface area contributed by atoms with Crippen molar-refractivity contribution in [1.82, 2.24) is 9.88 Å². The molecule has 0 saturated carbocycles. The number of nitrogens with one attached hydrogen (secondary N) is 1. The molecule has 3 aliphatic rings. The van der Waals surface area contributed by atoms with Crippen LogP contribution in [0.5, 0.6) is 0 Å². The molecule has 3 heterocycles. The van der Waals surface area contributed by atoms with Gasteiger partial charge in [0.25, 0.3) is 5.91 Å². The topological polar surface area (TPSA) is 97.7 Å². The maximum atomic E-state index is 12.2. The molecule has 0 bridgehead atoms. The van der Waals surface area contributed by atoms with Crippen molar-refractivity contribution in [2.24, 2.45) is 5.73 Å². The zero-order valence-corrected chi connectivity index (χ0v) is 16.8. The fourth-order valence-electron chi connectivity index (χ4n) is 4.98. The predicted molar refractivity (Wildman–Crippen MR) is 113 cm³/mol. The van der Waals surface area contributed by atoms with E-state index in [1.54, 1.807) is 11.0 Å². The summed E-state index contributed by atoms with van der Waals surface area (Å²) in [5.41, 5.74) is 11.2. The van der Waals surface area contributed by atoms with Gasteiger partial charge in [-0.1, -0.05) is 18.7 Å². The molecule has 1 aliphatic carbocycles. The molecule has 1 aromatic carbocycles. The van der Waals surface area contributed by atoms with E-state index in [-0.39, 0.29) is 5.91 Å². The lowest BCUT2D eigenvalue weighted by atomic mass is 9.86. The van der Waals surface area contributed by atoms with Crippen molar-refractivity contribution >= 4 is 28.3 Å². The van der Waals surface area contributed by atoms with Crippen LogP contribution in [-0.2, 0) is 27.1 Å². The molecule has 0 radical (unpaired) electrons. The lowest BCUT2D eigenvalue weighted by Gasteiger charge is -2.32. The first kappa shape index (κ1) is 19.1. The molecule has 0 unspecified atom stereocenters. The molecule has 7 nitrogen and oxygen atoms in total. The van der Waals surface area contributed by atoms with Gasteiger partial charge in [0, 0.05) is 37.0 Å². The van der Waals surface area contributed by atoms with E-state index >= 15 is 0 Å². The minimum Gasteiger partial charge on any atom is -0.366 e. The number of aromatic nitrogens is 1. The van der Waals surface area contributed by atoms with Gasteiger partial charge in [0.05, 0.1) is 24.3 Å². The summed E-state index contributed by atoms with van der Waals surface area (Å²) in [5, 5.41) is 0.985. The minimum atomic E-state index is -0.589. The molecular weight excluding hydrogens is 382 g/mol. The van der Waals surface area contributed by atoms with E-state index in [1.807, 2.05) is 6.07 Å². The second kappa shape index (κ2) is 7.11. The van der Waals surface area contributed by atoms with Crippen molar-refractivity contribution in [3.05, 3.63) is 53.2 Å². The summed E-state index contributed by atoms with van der Waals surface area (Å²) in [5.74, 6) is -1.13. The molecule has 2 aromatic rings. The molecule has 2 aliphatic heterocycles. The van der Waals surface area contributed by atoms with Crippen molar-refractivity contribution < 1.29 is 19.1 Å². The molecule has 1 saturated heterocycles. The average Bonchev–Trinajstić information content (AvgIpc) is 3.37. The summed E-state index contributed by atoms with van der Waals surface area (Å²) < 4.78 is 12.0. The third kappa shape index (κ3) is 2.97. The Labute approximate surface area is 174 Å². The van der Waals surface area contributed by atoms with Crippen LogP contribution >= 0.6 is 0 Å². The van der Waals surface area contributed by atoms with E-state index in [2.05, 4.69) is 17.6 Å². The maximum absolute atomic E-state index is 12.2. The summed E-state index contributed by atoms with van der Waals surface area (Å²) in [4.78, 5) is 29.6. The Morgan fingerprint density at radius 2 is 2.07 bits per heavy atom. The normalized spacial score (nSPS) is 20.3. The van der Waals surface area contributed by atoms with Crippen LogP contribution in [0.25, 0.3) is 16.5 Å². The predicted octanol–water partition coefficient (Wildman–Crippen LogP) is 2.30. The Morgan fingerprint density at radius 3 is 2.80 bits per heavy atom. The first-order valence-electron chi connectivity index (χ1n) is 10.4. The minimum absolute atomic E-state index is 0.0755. The number of amides is 2. The van der Waals surface area contributed by atoms with Gasteiger partial charge in [-0.2, -0.15) is 0 Å². The number of fused-ring (bicyclic) bond motifs is 3. The van der Waals surface area contributed by atoms with Crippen molar-refractivity contribution in [3.8, 4) is 0 Å². The first-order chi connectivity index (χ1) is 14.5. The zero-order chi connectivity index (χ0) is 20.9. The van der Waals surface area contributed by atoms with Crippen molar-refractivity contribution in [2.45, 2.75) is 31.5 Å². The van der Waals surface area contributed by atoms with Crippen LogP contribution in [-0.4, -0.2) is 53.8 Å². The number of rotatable bonds is 3. The summed E-state index contributed by atoms with van der Waals surface area (Å²) in [6, 6.07) is 3.72. The quantitative estimate of drug-likeness (QED) is 0.763. The van der Waals surface area contributed by atoms with Gasteiger partial charge in [0.2, 0.25) is 5.91 Å².